The number of hydrogen-bond acceptors (Lipinski definition) is 2. The third-order valence-corrected chi connectivity index (χ3v) is 8.36. The number of nitrogens with one attached hydrogen (secondary N) is 2. The number of amidine groups is 2. The highest BCUT2D eigenvalue weighted by Crippen LogP contribution is 2.38. The van der Waals surface area contributed by atoms with Gasteiger partial charge in [0.2, 0.25) is 0 Å². The molecule has 1 aromatic heterocycles. The Hall–Kier alpha value is -6.07. The highest BCUT2D eigenvalue weighted by atomic mass is 15.0. The van der Waals surface area contributed by atoms with Gasteiger partial charge in [0, 0.05) is 34.3 Å². The first-order valence-electron chi connectivity index (χ1n) is 15.2. The van der Waals surface area contributed by atoms with E-state index in [1.807, 2.05) is 78.9 Å². The van der Waals surface area contributed by atoms with Crippen molar-refractivity contribution in [2.75, 3.05) is 0 Å². The molecule has 46 heavy (non-hydrogen) atoms. The summed E-state index contributed by atoms with van der Waals surface area (Å²) in [7, 11) is 0. The molecule has 0 amide bonds. The van der Waals surface area contributed by atoms with Gasteiger partial charge in [0.15, 0.2) is 5.84 Å². The van der Waals surface area contributed by atoms with E-state index >= 15 is 0 Å². The molecule has 0 saturated heterocycles. The van der Waals surface area contributed by atoms with Gasteiger partial charge in [-0.3, -0.25) is 5.41 Å². The molecule has 0 radical (unpaired) electrons. The number of nitrogens with zero attached hydrogens (tertiary/aromatic N) is 2. The molecule has 0 aliphatic heterocycles. The van der Waals surface area contributed by atoms with Crippen molar-refractivity contribution in [2.45, 2.75) is 13.3 Å². The van der Waals surface area contributed by atoms with Crippen LogP contribution in [0.5, 0.6) is 0 Å². The zero-order valence-electron chi connectivity index (χ0n) is 25.8. The second kappa shape index (κ2) is 12.9. The van der Waals surface area contributed by atoms with E-state index in [0.717, 1.165) is 71.7 Å². The minimum atomic E-state index is 0.0978. The van der Waals surface area contributed by atoms with Gasteiger partial charge in [-0.05, 0) is 75.7 Å². The van der Waals surface area contributed by atoms with E-state index in [4.69, 9.17) is 11.1 Å². The predicted octanol–water partition coefficient (Wildman–Crippen LogP) is 9.64. The van der Waals surface area contributed by atoms with E-state index in [2.05, 4.69) is 78.2 Å². The Morgan fingerprint density at radius 2 is 1.33 bits per heavy atom. The number of para-hydroxylation sites is 1. The van der Waals surface area contributed by atoms with Gasteiger partial charge in [-0.15, -0.1) is 0 Å². The Morgan fingerprint density at radius 1 is 0.761 bits per heavy atom. The van der Waals surface area contributed by atoms with Crippen molar-refractivity contribution in [1.29, 1.82) is 10.8 Å². The highest BCUT2D eigenvalue weighted by molar-refractivity contribution is 6.24. The summed E-state index contributed by atoms with van der Waals surface area (Å²) < 4.78 is 2.14. The average Bonchev–Trinajstić information content (AvgIpc) is 3.41. The zero-order chi connectivity index (χ0) is 32.2. The average molecular weight is 598 g/mol. The van der Waals surface area contributed by atoms with E-state index in [1.165, 1.54) is 6.21 Å². The van der Waals surface area contributed by atoms with Crippen molar-refractivity contribution < 1.29 is 0 Å². The van der Waals surface area contributed by atoms with Crippen LogP contribution in [0.15, 0.2) is 140 Å². The fraction of sp³-hybridized carbons (Fsp3) is 0.0488. The summed E-state index contributed by atoms with van der Waals surface area (Å²) in [5, 5.41) is 22.3. The van der Waals surface area contributed by atoms with Gasteiger partial charge in [-0.1, -0.05) is 116 Å². The van der Waals surface area contributed by atoms with Crippen LogP contribution in [-0.2, 0) is 6.42 Å². The van der Waals surface area contributed by atoms with Gasteiger partial charge in [-0.2, -0.15) is 0 Å². The van der Waals surface area contributed by atoms with Crippen LogP contribution in [-0.4, -0.2) is 22.5 Å². The smallest absolute Gasteiger partial charge is 0.155 e. The number of fused-ring (bicyclic) bond motifs is 4. The number of rotatable bonds is 9. The van der Waals surface area contributed by atoms with Crippen LogP contribution >= 0.6 is 0 Å². The number of aliphatic imine (C=N–C) groups is 1. The Balaban J connectivity index is 1.59. The van der Waals surface area contributed by atoms with E-state index in [-0.39, 0.29) is 5.84 Å². The van der Waals surface area contributed by atoms with Gasteiger partial charge in [0.05, 0.1) is 5.52 Å². The van der Waals surface area contributed by atoms with Crippen LogP contribution in [0.25, 0.3) is 49.8 Å². The lowest BCUT2D eigenvalue weighted by atomic mass is 9.87. The minimum Gasteiger partial charge on any atom is -0.383 e. The second-order valence-electron chi connectivity index (χ2n) is 11.0. The highest BCUT2D eigenvalue weighted by Gasteiger charge is 2.20. The lowest BCUT2D eigenvalue weighted by molar-refractivity contribution is 1.13. The summed E-state index contributed by atoms with van der Waals surface area (Å²) in [5.74, 6) is 0.391. The largest absolute Gasteiger partial charge is 0.383 e. The third kappa shape index (κ3) is 5.29. The molecule has 0 unspecified atom stereocenters. The van der Waals surface area contributed by atoms with Crippen molar-refractivity contribution in [2.24, 2.45) is 10.7 Å². The fourth-order valence-corrected chi connectivity index (χ4v) is 6.31. The number of aromatic nitrogens is 1. The molecule has 0 saturated carbocycles. The van der Waals surface area contributed by atoms with E-state index in [0.29, 0.717) is 12.3 Å². The molecule has 5 heteroatoms. The summed E-state index contributed by atoms with van der Waals surface area (Å²) in [5.41, 5.74) is 13.7. The predicted molar refractivity (Wildman–Crippen MR) is 198 cm³/mol. The van der Waals surface area contributed by atoms with Crippen molar-refractivity contribution in [3.8, 4) is 0 Å². The molecule has 0 bridgehead atoms. The van der Waals surface area contributed by atoms with Gasteiger partial charge >= 0.3 is 0 Å². The first kappa shape index (κ1) is 30.0. The van der Waals surface area contributed by atoms with Crippen molar-refractivity contribution in [1.82, 2.24) is 4.57 Å². The summed E-state index contributed by atoms with van der Waals surface area (Å²) in [6.07, 6.45) is 9.74. The topological polar surface area (TPSA) is 91.0 Å². The van der Waals surface area contributed by atoms with Crippen LogP contribution in [0.4, 0.5) is 0 Å². The van der Waals surface area contributed by atoms with Crippen LogP contribution in [0.2, 0.25) is 0 Å². The molecule has 1 heterocycles. The quantitative estimate of drug-likeness (QED) is 0.0658. The monoisotopic (exact) mass is 597 g/mol. The van der Waals surface area contributed by atoms with E-state index < -0.39 is 0 Å². The first-order chi connectivity index (χ1) is 22.5. The molecule has 0 fully saturated rings. The number of allylic oxidation sites excluding steroid dienone is 5. The van der Waals surface area contributed by atoms with Crippen LogP contribution < -0.4 is 5.73 Å². The first-order valence-corrected chi connectivity index (χ1v) is 15.2. The lowest BCUT2D eigenvalue weighted by Crippen LogP contribution is -2.16. The van der Waals surface area contributed by atoms with Crippen molar-refractivity contribution in [3.63, 3.8) is 0 Å². The van der Waals surface area contributed by atoms with Gasteiger partial charge in [-0.25, -0.2) is 4.99 Å². The summed E-state index contributed by atoms with van der Waals surface area (Å²) >= 11 is 0. The number of benzene rings is 5. The number of nitrogens with two attached hydrogens (primary N) is 1. The Kier molecular flexibility index (Phi) is 8.40. The Morgan fingerprint density at radius 3 is 1.93 bits per heavy atom. The maximum Gasteiger partial charge on any atom is 0.155 e. The summed E-state index contributed by atoms with van der Waals surface area (Å²) in [6, 6.07) is 34.2. The third-order valence-electron chi connectivity index (χ3n) is 8.36. The standard InChI is InChI=1S/C41H35N5/c1-4-29(46-36(5-2)33(25-26-42)32-19-13-14-22-37(32)46)24-23-27(3)38-34-20-11-9-17-30(34)31-18-10-12-21-35(31)39(38)41(44)45-40(43)28-15-7-6-8-16-28/h4-24,26,42H,1-2,25H2,3H3,(H3,43,44,45)/b27-23+,29-24+,42-26?. The molecule has 224 valence electrons. The van der Waals surface area contributed by atoms with Gasteiger partial charge < -0.3 is 15.7 Å². The van der Waals surface area contributed by atoms with Gasteiger partial charge in [0.25, 0.3) is 0 Å². The zero-order valence-corrected chi connectivity index (χ0v) is 25.8. The fourth-order valence-electron chi connectivity index (χ4n) is 6.31. The Labute approximate surface area is 269 Å². The maximum atomic E-state index is 9.31. The van der Waals surface area contributed by atoms with E-state index in [9.17, 15) is 5.41 Å². The number of hydrogen-bond donors (Lipinski definition) is 3. The minimum absolute atomic E-state index is 0.0978. The molecule has 6 aromatic rings. The molecule has 0 spiro atoms. The lowest BCUT2D eigenvalue weighted by Gasteiger charge is -2.18. The van der Waals surface area contributed by atoms with Crippen LogP contribution in [0.1, 0.15) is 34.9 Å². The molecule has 4 N–H and O–H groups in total. The molecule has 5 aromatic carbocycles. The molecular formula is C41H35N5. The van der Waals surface area contributed by atoms with Crippen molar-refractivity contribution >= 4 is 67.7 Å². The summed E-state index contributed by atoms with van der Waals surface area (Å²) in [4.78, 5) is 4.64. The molecule has 5 nitrogen and oxygen atoms in total. The Bertz CT molecular complexity index is 2260. The molecule has 0 aliphatic carbocycles. The van der Waals surface area contributed by atoms with Crippen molar-refractivity contribution in [3.05, 3.63) is 162 Å². The van der Waals surface area contributed by atoms with Crippen LogP contribution in [0, 0.1) is 10.8 Å². The molecule has 0 atom stereocenters. The molecular weight excluding hydrogens is 562 g/mol. The van der Waals surface area contributed by atoms with E-state index in [1.54, 1.807) is 0 Å². The second-order valence-corrected chi connectivity index (χ2v) is 11.0. The molecule has 6 rings (SSSR count). The summed E-state index contributed by atoms with van der Waals surface area (Å²) in [6.45, 7) is 10.3. The SMILES string of the molecule is C=C/C(=C\C=C(/C)c1c(C(=N)/N=C(\N)c2ccccc2)c2ccccc2c2ccccc12)n1c(C=C)c(CC=N)c2ccccc21. The molecule has 0 aliphatic rings. The van der Waals surface area contributed by atoms with Crippen LogP contribution in [0.3, 0.4) is 0 Å². The maximum absolute atomic E-state index is 9.31. The normalized spacial score (nSPS) is 12.5. The van der Waals surface area contributed by atoms with Gasteiger partial charge in [0.1, 0.15) is 5.84 Å².